The SMILES string of the molecule is O=C(NC1CC1)NC1CN2CCC1CC2. The van der Waals surface area contributed by atoms with Gasteiger partial charge in [0.2, 0.25) is 0 Å². The maximum atomic E-state index is 11.6. The molecule has 4 heteroatoms. The molecule has 4 nitrogen and oxygen atoms in total. The Kier molecular flexibility index (Phi) is 2.31. The van der Waals surface area contributed by atoms with Crippen molar-refractivity contribution in [3.63, 3.8) is 0 Å². The van der Waals surface area contributed by atoms with Gasteiger partial charge in [-0.2, -0.15) is 0 Å². The van der Waals surface area contributed by atoms with Gasteiger partial charge in [0.1, 0.15) is 0 Å². The van der Waals surface area contributed by atoms with Gasteiger partial charge < -0.3 is 15.5 Å². The van der Waals surface area contributed by atoms with Crippen LogP contribution < -0.4 is 10.6 Å². The molecular formula is C11H19N3O. The topological polar surface area (TPSA) is 44.4 Å². The Hall–Kier alpha value is -0.770. The fourth-order valence-electron chi connectivity index (χ4n) is 2.75. The van der Waals surface area contributed by atoms with E-state index in [1.807, 2.05) is 0 Å². The minimum atomic E-state index is 0.0521. The van der Waals surface area contributed by atoms with Gasteiger partial charge in [-0.1, -0.05) is 0 Å². The van der Waals surface area contributed by atoms with Gasteiger partial charge in [-0.15, -0.1) is 0 Å². The van der Waals surface area contributed by atoms with Crippen LogP contribution in [0.25, 0.3) is 0 Å². The van der Waals surface area contributed by atoms with Crippen LogP contribution in [0.3, 0.4) is 0 Å². The third-order valence-corrected chi connectivity index (χ3v) is 3.89. The number of carbonyl (C=O) groups is 1. The monoisotopic (exact) mass is 209 g/mol. The summed E-state index contributed by atoms with van der Waals surface area (Å²) in [6.07, 6.45) is 4.84. The molecule has 0 aromatic heterocycles. The van der Waals surface area contributed by atoms with E-state index in [0.29, 0.717) is 12.1 Å². The van der Waals surface area contributed by atoms with Gasteiger partial charge in [0.15, 0.2) is 0 Å². The second-order valence-electron chi connectivity index (χ2n) is 5.14. The zero-order valence-corrected chi connectivity index (χ0v) is 9.04. The van der Waals surface area contributed by atoms with Crippen molar-refractivity contribution in [3.05, 3.63) is 0 Å². The molecule has 1 atom stereocenters. The highest BCUT2D eigenvalue weighted by molar-refractivity contribution is 5.75. The summed E-state index contributed by atoms with van der Waals surface area (Å²) in [7, 11) is 0. The van der Waals surface area contributed by atoms with E-state index in [-0.39, 0.29) is 6.03 Å². The average Bonchev–Trinajstić information content (AvgIpc) is 3.03. The fourth-order valence-corrected chi connectivity index (χ4v) is 2.75. The third-order valence-electron chi connectivity index (χ3n) is 3.89. The summed E-state index contributed by atoms with van der Waals surface area (Å²) in [6, 6.07) is 0.911. The van der Waals surface area contributed by atoms with E-state index in [4.69, 9.17) is 0 Å². The van der Waals surface area contributed by atoms with Crippen LogP contribution in [0.1, 0.15) is 25.7 Å². The van der Waals surface area contributed by atoms with Crippen LogP contribution in [0, 0.1) is 5.92 Å². The van der Waals surface area contributed by atoms with Crippen LogP contribution in [0.4, 0.5) is 4.79 Å². The molecule has 0 spiro atoms. The van der Waals surface area contributed by atoms with Crippen molar-refractivity contribution in [2.45, 2.75) is 37.8 Å². The number of nitrogens with one attached hydrogen (secondary N) is 2. The normalized spacial score (nSPS) is 38.8. The maximum Gasteiger partial charge on any atom is 0.315 e. The lowest BCUT2D eigenvalue weighted by Crippen LogP contribution is -2.58. The molecule has 2 bridgehead atoms. The standard InChI is InChI=1S/C11H19N3O/c15-11(12-9-1-2-9)13-10-7-14-5-3-8(10)4-6-14/h8-10H,1-7H2,(H2,12,13,15). The third kappa shape index (κ3) is 2.09. The van der Waals surface area contributed by atoms with Crippen LogP contribution in [0.5, 0.6) is 0 Å². The first kappa shape index (κ1) is 9.46. The highest BCUT2D eigenvalue weighted by atomic mass is 16.2. The average molecular weight is 209 g/mol. The molecule has 1 unspecified atom stereocenters. The number of nitrogens with zero attached hydrogens (tertiary/aromatic N) is 1. The molecule has 3 aliphatic heterocycles. The number of fused-ring (bicyclic) bond motifs is 3. The summed E-state index contributed by atoms with van der Waals surface area (Å²) < 4.78 is 0. The van der Waals surface area contributed by atoms with Gasteiger partial charge >= 0.3 is 6.03 Å². The Labute approximate surface area is 90.4 Å². The van der Waals surface area contributed by atoms with E-state index in [9.17, 15) is 4.79 Å². The summed E-state index contributed by atoms with van der Waals surface area (Å²) in [5.41, 5.74) is 0. The molecule has 1 saturated carbocycles. The second kappa shape index (κ2) is 3.67. The number of amides is 2. The number of hydrogen-bond acceptors (Lipinski definition) is 2. The van der Waals surface area contributed by atoms with Crippen LogP contribution in [0.15, 0.2) is 0 Å². The Bertz CT molecular complexity index is 257. The minimum absolute atomic E-state index is 0.0521. The van der Waals surface area contributed by atoms with Crippen molar-refractivity contribution in [2.24, 2.45) is 5.92 Å². The summed E-state index contributed by atoms with van der Waals surface area (Å²) in [6.45, 7) is 3.52. The van der Waals surface area contributed by atoms with Crippen molar-refractivity contribution in [2.75, 3.05) is 19.6 Å². The molecule has 84 valence electrons. The smallest absolute Gasteiger partial charge is 0.315 e. The molecule has 0 radical (unpaired) electrons. The predicted octanol–water partition coefficient (Wildman–Crippen LogP) is 0.542. The first-order chi connectivity index (χ1) is 7.31. The van der Waals surface area contributed by atoms with Gasteiger partial charge in [0, 0.05) is 18.6 Å². The molecule has 4 rings (SSSR count). The second-order valence-corrected chi connectivity index (χ2v) is 5.14. The Morgan fingerprint density at radius 3 is 2.33 bits per heavy atom. The quantitative estimate of drug-likeness (QED) is 0.697. The van der Waals surface area contributed by atoms with Crippen molar-refractivity contribution < 1.29 is 4.79 Å². The highest BCUT2D eigenvalue weighted by Gasteiger charge is 2.35. The van der Waals surface area contributed by atoms with E-state index in [2.05, 4.69) is 15.5 Å². The summed E-state index contributed by atoms with van der Waals surface area (Å²) in [5, 5.41) is 6.12. The lowest BCUT2D eigenvalue weighted by molar-refractivity contribution is 0.0766. The van der Waals surface area contributed by atoms with Gasteiger partial charge in [-0.25, -0.2) is 4.79 Å². The molecule has 2 N–H and O–H groups in total. The molecule has 0 aromatic rings. The number of urea groups is 1. The van der Waals surface area contributed by atoms with Crippen LogP contribution >= 0.6 is 0 Å². The zero-order valence-electron chi connectivity index (χ0n) is 9.04. The summed E-state index contributed by atoms with van der Waals surface area (Å²) >= 11 is 0. The number of hydrogen-bond donors (Lipinski definition) is 2. The van der Waals surface area contributed by atoms with E-state index in [1.54, 1.807) is 0 Å². The van der Waals surface area contributed by atoms with E-state index < -0.39 is 0 Å². The lowest BCUT2D eigenvalue weighted by Gasteiger charge is -2.44. The molecule has 15 heavy (non-hydrogen) atoms. The highest BCUT2D eigenvalue weighted by Crippen LogP contribution is 2.27. The van der Waals surface area contributed by atoms with Crippen molar-refractivity contribution in [3.8, 4) is 0 Å². The maximum absolute atomic E-state index is 11.6. The van der Waals surface area contributed by atoms with Crippen molar-refractivity contribution in [1.82, 2.24) is 15.5 Å². The number of carbonyl (C=O) groups excluding carboxylic acids is 1. The van der Waals surface area contributed by atoms with Crippen molar-refractivity contribution >= 4 is 6.03 Å². The molecule has 3 heterocycles. The van der Waals surface area contributed by atoms with Crippen LogP contribution in [0.2, 0.25) is 0 Å². The summed E-state index contributed by atoms with van der Waals surface area (Å²) in [4.78, 5) is 14.1. The van der Waals surface area contributed by atoms with Gasteiger partial charge in [0.05, 0.1) is 0 Å². The zero-order chi connectivity index (χ0) is 10.3. The number of piperidine rings is 3. The van der Waals surface area contributed by atoms with Gasteiger partial charge in [-0.3, -0.25) is 0 Å². The Morgan fingerprint density at radius 2 is 1.80 bits per heavy atom. The molecule has 4 fully saturated rings. The summed E-state index contributed by atoms with van der Waals surface area (Å²) in [5.74, 6) is 0.722. The Balaban J connectivity index is 1.51. The molecule has 2 amide bonds. The largest absolute Gasteiger partial charge is 0.335 e. The molecule has 4 aliphatic rings. The van der Waals surface area contributed by atoms with E-state index >= 15 is 0 Å². The number of rotatable bonds is 2. The van der Waals surface area contributed by atoms with Crippen molar-refractivity contribution in [1.29, 1.82) is 0 Å². The van der Waals surface area contributed by atoms with Gasteiger partial charge in [-0.05, 0) is 44.7 Å². The fraction of sp³-hybridized carbons (Fsp3) is 0.909. The van der Waals surface area contributed by atoms with Crippen LogP contribution in [-0.4, -0.2) is 42.6 Å². The minimum Gasteiger partial charge on any atom is -0.335 e. The molecule has 0 aromatic carbocycles. The van der Waals surface area contributed by atoms with E-state index in [0.717, 1.165) is 25.3 Å². The molecular weight excluding hydrogens is 190 g/mol. The first-order valence-electron chi connectivity index (χ1n) is 6.10. The lowest BCUT2D eigenvalue weighted by atomic mass is 9.84. The molecule has 1 aliphatic carbocycles. The predicted molar refractivity (Wildman–Crippen MR) is 57.6 cm³/mol. The Morgan fingerprint density at radius 1 is 1.07 bits per heavy atom. The van der Waals surface area contributed by atoms with Gasteiger partial charge in [0.25, 0.3) is 0 Å². The van der Waals surface area contributed by atoms with Crippen LogP contribution in [-0.2, 0) is 0 Å². The first-order valence-corrected chi connectivity index (χ1v) is 6.10. The molecule has 3 saturated heterocycles. The van der Waals surface area contributed by atoms with E-state index in [1.165, 1.54) is 25.9 Å².